The molecule has 0 spiro atoms. The molecule has 0 N–H and O–H groups in total. The molecule has 422 valence electrons. The van der Waals surface area contributed by atoms with Gasteiger partial charge in [-0.25, -0.2) is 0 Å². The normalized spacial score (nSPS) is 13.2. The molecule has 6 nitrogen and oxygen atoms in total. The Bertz CT molecular complexity index is 1660. The Morgan fingerprint density at radius 3 is 0.867 bits per heavy atom. The molecule has 0 aromatic heterocycles. The second-order valence-electron chi connectivity index (χ2n) is 19.5. The van der Waals surface area contributed by atoms with E-state index in [4.69, 9.17) is 14.2 Å². The van der Waals surface area contributed by atoms with E-state index in [1.54, 1.807) is 0 Å². The van der Waals surface area contributed by atoms with Gasteiger partial charge in [-0.2, -0.15) is 0 Å². The minimum atomic E-state index is -0.818. The van der Waals surface area contributed by atoms with Gasteiger partial charge in [-0.1, -0.05) is 263 Å². The van der Waals surface area contributed by atoms with E-state index in [1.807, 2.05) is 0 Å². The summed E-state index contributed by atoms with van der Waals surface area (Å²) in [6, 6.07) is 0. The van der Waals surface area contributed by atoms with Crippen LogP contribution in [0.3, 0.4) is 0 Å². The van der Waals surface area contributed by atoms with Crippen molar-refractivity contribution in [1.29, 1.82) is 0 Å². The summed E-state index contributed by atoms with van der Waals surface area (Å²) in [4.78, 5) is 38.2. The maximum Gasteiger partial charge on any atom is 0.306 e. The fourth-order valence-electron chi connectivity index (χ4n) is 7.87. The number of allylic oxidation sites excluding steroid dienone is 24. The summed E-state index contributed by atoms with van der Waals surface area (Å²) in [6.07, 6.45) is 88.6. The molecule has 0 bridgehead atoms. The highest BCUT2D eigenvalue weighted by Crippen LogP contribution is 2.15. The van der Waals surface area contributed by atoms with E-state index in [9.17, 15) is 14.4 Å². The maximum absolute atomic E-state index is 12.9. The maximum atomic E-state index is 12.9. The Hall–Kier alpha value is -4.71. The number of carbonyl (C=O) groups excluding carboxylic acids is 3. The van der Waals surface area contributed by atoms with E-state index < -0.39 is 6.10 Å². The lowest BCUT2D eigenvalue weighted by atomic mass is 10.0. The van der Waals surface area contributed by atoms with Crippen molar-refractivity contribution in [3.05, 3.63) is 146 Å². The van der Waals surface area contributed by atoms with Crippen molar-refractivity contribution in [2.24, 2.45) is 0 Å². The number of hydrogen-bond acceptors (Lipinski definition) is 6. The van der Waals surface area contributed by atoms with Crippen LogP contribution in [0, 0.1) is 0 Å². The summed E-state index contributed by atoms with van der Waals surface area (Å²) >= 11 is 0. The SMILES string of the molecule is CC/C=C\C/C=C\C/C=C\C/C=C\C/C=C\C/C=C\C/C=C\C/C=C\C/C=C\CCCC(=O)OCC(COC(=O)CCCCC/C=C\C/C=C\C/C=C\CC)OC(=O)CCCCCCCCCCCCCCCCC. The van der Waals surface area contributed by atoms with Crippen LogP contribution in [0.5, 0.6) is 0 Å². The van der Waals surface area contributed by atoms with Crippen molar-refractivity contribution >= 4 is 17.9 Å². The zero-order valence-corrected chi connectivity index (χ0v) is 48.3. The van der Waals surface area contributed by atoms with Crippen molar-refractivity contribution < 1.29 is 28.6 Å². The molecular weight excluding hydrogens is 925 g/mol. The van der Waals surface area contributed by atoms with Crippen molar-refractivity contribution in [3.63, 3.8) is 0 Å². The summed E-state index contributed by atoms with van der Waals surface area (Å²) in [6.45, 7) is 6.33. The number of carbonyl (C=O) groups is 3. The molecule has 0 saturated heterocycles. The van der Waals surface area contributed by atoms with Gasteiger partial charge in [0.1, 0.15) is 13.2 Å². The summed E-state index contributed by atoms with van der Waals surface area (Å²) in [5.74, 6) is -1.00. The van der Waals surface area contributed by atoms with Gasteiger partial charge in [0, 0.05) is 19.3 Å². The van der Waals surface area contributed by atoms with Crippen LogP contribution in [0.2, 0.25) is 0 Å². The van der Waals surface area contributed by atoms with E-state index >= 15 is 0 Å². The first-order valence-corrected chi connectivity index (χ1v) is 30.3. The molecule has 1 unspecified atom stereocenters. The fraction of sp³-hybridized carbons (Fsp3) is 0.609. The fourth-order valence-corrected chi connectivity index (χ4v) is 7.87. The molecule has 0 aromatic carbocycles. The van der Waals surface area contributed by atoms with Gasteiger partial charge < -0.3 is 14.2 Å². The zero-order valence-electron chi connectivity index (χ0n) is 48.3. The van der Waals surface area contributed by atoms with Gasteiger partial charge >= 0.3 is 17.9 Å². The Morgan fingerprint density at radius 1 is 0.280 bits per heavy atom. The highest BCUT2D eigenvalue weighted by atomic mass is 16.6. The smallest absolute Gasteiger partial charge is 0.306 e. The zero-order chi connectivity index (χ0) is 54.3. The molecule has 0 saturated carbocycles. The monoisotopic (exact) mass is 1030 g/mol. The quantitative estimate of drug-likeness (QED) is 0.0261. The van der Waals surface area contributed by atoms with Gasteiger partial charge in [0.15, 0.2) is 6.10 Å². The summed E-state index contributed by atoms with van der Waals surface area (Å²) in [5, 5.41) is 0. The average Bonchev–Trinajstić information content (AvgIpc) is 3.41. The molecule has 6 heteroatoms. The minimum absolute atomic E-state index is 0.114. The van der Waals surface area contributed by atoms with Crippen LogP contribution < -0.4 is 0 Å². The number of rotatable bonds is 53. The molecule has 75 heavy (non-hydrogen) atoms. The van der Waals surface area contributed by atoms with Gasteiger partial charge in [0.2, 0.25) is 0 Å². The topological polar surface area (TPSA) is 78.9 Å². The van der Waals surface area contributed by atoms with Crippen molar-refractivity contribution in [3.8, 4) is 0 Å². The largest absolute Gasteiger partial charge is 0.462 e. The third kappa shape index (κ3) is 60.0. The van der Waals surface area contributed by atoms with Crippen LogP contribution in [-0.2, 0) is 28.6 Å². The Kier molecular flexibility index (Phi) is 58.0. The Balaban J connectivity index is 4.45. The molecule has 0 amide bonds. The van der Waals surface area contributed by atoms with Gasteiger partial charge in [-0.3, -0.25) is 14.4 Å². The van der Waals surface area contributed by atoms with Crippen LogP contribution in [0.15, 0.2) is 146 Å². The van der Waals surface area contributed by atoms with E-state index in [0.717, 1.165) is 128 Å². The second kappa shape index (κ2) is 61.8. The molecule has 0 heterocycles. The number of unbranched alkanes of at least 4 members (excludes halogenated alkanes) is 18. The van der Waals surface area contributed by atoms with Gasteiger partial charge in [-0.05, 0) is 116 Å². The number of ether oxygens (including phenoxy) is 3. The summed E-state index contributed by atoms with van der Waals surface area (Å²) in [7, 11) is 0. The highest BCUT2D eigenvalue weighted by Gasteiger charge is 2.19. The number of hydrogen-bond donors (Lipinski definition) is 0. The molecule has 0 rings (SSSR count). The van der Waals surface area contributed by atoms with Crippen molar-refractivity contribution in [1.82, 2.24) is 0 Å². The highest BCUT2D eigenvalue weighted by molar-refractivity contribution is 5.71. The lowest BCUT2D eigenvalue weighted by Crippen LogP contribution is -2.30. The molecular formula is C69H110O6. The molecule has 0 aromatic rings. The third-order valence-electron chi connectivity index (χ3n) is 12.3. The van der Waals surface area contributed by atoms with Crippen LogP contribution in [-0.4, -0.2) is 37.2 Å². The second-order valence-corrected chi connectivity index (χ2v) is 19.5. The molecule has 0 radical (unpaired) electrons. The van der Waals surface area contributed by atoms with E-state index in [0.29, 0.717) is 19.3 Å². The molecule has 0 aliphatic heterocycles. The predicted octanol–water partition coefficient (Wildman–Crippen LogP) is 20.8. The lowest BCUT2D eigenvalue weighted by Gasteiger charge is -2.18. The van der Waals surface area contributed by atoms with E-state index in [2.05, 4.69) is 167 Å². The first kappa shape index (κ1) is 70.3. The standard InChI is InChI=1S/C69H110O6/c1-4-7-10-13-16-19-22-25-27-28-29-30-31-32-33-34-35-36-37-38-39-40-42-44-47-50-53-56-59-62-68(71)74-65-66(64-73-67(70)61-58-55-52-49-46-43-24-21-18-15-12-9-6-3)75-69(72)63-60-57-54-51-48-45-41-26-23-20-17-14-11-8-5-2/h7,9-10,12,16,18-19,21,25,27,29-30,32-33,35-36,38-39,42-44,46,50,53,66H,4-6,8,11,13-15,17,20,22-24,26,28,31,34,37,40-41,45,47-49,51-52,54-65H2,1-3H3/b10-7-,12-9-,19-16-,21-18-,27-25-,30-29-,33-32-,36-35-,39-38-,44-42-,46-43-,53-50-. The van der Waals surface area contributed by atoms with Crippen molar-refractivity contribution in [2.75, 3.05) is 13.2 Å². The molecule has 0 aliphatic rings. The van der Waals surface area contributed by atoms with E-state index in [-0.39, 0.29) is 37.5 Å². The van der Waals surface area contributed by atoms with Crippen LogP contribution >= 0.6 is 0 Å². The first-order chi connectivity index (χ1) is 37.0. The Labute approximate surface area is 461 Å². The van der Waals surface area contributed by atoms with Crippen LogP contribution in [0.1, 0.15) is 252 Å². The van der Waals surface area contributed by atoms with E-state index in [1.165, 1.54) is 77.0 Å². The number of esters is 3. The third-order valence-corrected chi connectivity index (χ3v) is 12.3. The van der Waals surface area contributed by atoms with Gasteiger partial charge in [0.05, 0.1) is 0 Å². The lowest BCUT2D eigenvalue weighted by molar-refractivity contribution is -0.167. The Morgan fingerprint density at radius 2 is 0.533 bits per heavy atom. The molecule has 0 fully saturated rings. The minimum Gasteiger partial charge on any atom is -0.462 e. The predicted molar refractivity (Wildman–Crippen MR) is 325 cm³/mol. The average molecular weight is 1040 g/mol. The summed E-state index contributed by atoms with van der Waals surface area (Å²) in [5.41, 5.74) is 0. The molecule has 1 atom stereocenters. The van der Waals surface area contributed by atoms with Gasteiger partial charge in [-0.15, -0.1) is 0 Å². The van der Waals surface area contributed by atoms with Crippen molar-refractivity contribution in [2.45, 2.75) is 258 Å². The van der Waals surface area contributed by atoms with Gasteiger partial charge in [0.25, 0.3) is 0 Å². The summed E-state index contributed by atoms with van der Waals surface area (Å²) < 4.78 is 16.8. The van der Waals surface area contributed by atoms with Crippen LogP contribution in [0.4, 0.5) is 0 Å². The van der Waals surface area contributed by atoms with Crippen LogP contribution in [0.25, 0.3) is 0 Å². The molecule has 0 aliphatic carbocycles. The first-order valence-electron chi connectivity index (χ1n) is 30.3.